The molecule has 1 aliphatic heterocycles. The summed E-state index contributed by atoms with van der Waals surface area (Å²) in [6.45, 7) is 4.72. The summed E-state index contributed by atoms with van der Waals surface area (Å²) in [6, 6.07) is 3.69. The maximum Gasteiger partial charge on any atom is 0.270 e. The summed E-state index contributed by atoms with van der Waals surface area (Å²) in [4.78, 5) is 31.4. The second-order valence-electron chi connectivity index (χ2n) is 5.52. The average Bonchev–Trinajstić information content (AvgIpc) is 2.96. The number of pyridine rings is 1. The Morgan fingerprint density at radius 3 is 3.05 bits per heavy atom. The van der Waals surface area contributed by atoms with E-state index in [0.29, 0.717) is 12.2 Å². The van der Waals surface area contributed by atoms with Gasteiger partial charge in [-0.1, -0.05) is 19.4 Å². The van der Waals surface area contributed by atoms with Gasteiger partial charge in [-0.25, -0.2) is 4.98 Å². The van der Waals surface area contributed by atoms with Crippen molar-refractivity contribution >= 4 is 23.3 Å². The molecule has 0 spiro atoms. The van der Waals surface area contributed by atoms with E-state index in [1.54, 1.807) is 24.0 Å². The molecular weight excluding hydrogens is 298 g/mol. The number of aryl methyl sites for hydroxylation is 1. The summed E-state index contributed by atoms with van der Waals surface area (Å²) in [5.41, 5.74) is 1.40. The van der Waals surface area contributed by atoms with Crippen molar-refractivity contribution in [3.05, 3.63) is 46.0 Å². The van der Waals surface area contributed by atoms with Crippen LogP contribution in [0.5, 0.6) is 0 Å². The van der Waals surface area contributed by atoms with Gasteiger partial charge in [0.15, 0.2) is 0 Å². The minimum atomic E-state index is -0.286. The number of aromatic nitrogens is 2. The lowest BCUT2D eigenvalue weighted by atomic mass is 10.2. The van der Waals surface area contributed by atoms with Crippen LogP contribution in [0.25, 0.3) is 5.65 Å². The molecule has 0 bridgehead atoms. The Balaban J connectivity index is 2.01. The van der Waals surface area contributed by atoms with Crippen LogP contribution >= 0.6 is 11.8 Å². The first-order chi connectivity index (χ1) is 10.6. The molecule has 22 heavy (non-hydrogen) atoms. The lowest BCUT2D eigenvalue weighted by Crippen LogP contribution is -2.38. The third-order valence-corrected chi connectivity index (χ3v) is 5.16. The van der Waals surface area contributed by atoms with E-state index in [9.17, 15) is 9.59 Å². The van der Waals surface area contributed by atoms with Crippen molar-refractivity contribution in [2.45, 2.75) is 32.1 Å². The van der Waals surface area contributed by atoms with Crippen molar-refractivity contribution in [3.8, 4) is 0 Å². The lowest BCUT2D eigenvalue weighted by Gasteiger charge is -2.23. The highest BCUT2D eigenvalue weighted by Crippen LogP contribution is 2.28. The number of amides is 1. The monoisotopic (exact) mass is 317 g/mol. The second kappa shape index (κ2) is 6.12. The normalized spacial score (nSPS) is 18.1. The van der Waals surface area contributed by atoms with Gasteiger partial charge in [0.05, 0.1) is 5.37 Å². The minimum absolute atomic E-state index is 0.159. The van der Waals surface area contributed by atoms with Crippen molar-refractivity contribution in [1.82, 2.24) is 14.3 Å². The molecule has 3 rings (SSSR count). The lowest BCUT2D eigenvalue weighted by molar-refractivity contribution is 0.0754. The van der Waals surface area contributed by atoms with E-state index >= 15 is 0 Å². The van der Waals surface area contributed by atoms with Crippen molar-refractivity contribution < 1.29 is 4.79 Å². The molecule has 6 heteroatoms. The van der Waals surface area contributed by atoms with Gasteiger partial charge in [0.25, 0.3) is 11.5 Å². The maximum absolute atomic E-state index is 12.7. The number of nitrogens with zero attached hydrogens (tertiary/aromatic N) is 3. The predicted octanol–water partition coefficient (Wildman–Crippen LogP) is 2.32. The number of rotatable bonds is 3. The molecule has 1 saturated heterocycles. The average molecular weight is 317 g/mol. The molecule has 1 unspecified atom stereocenters. The molecule has 3 heterocycles. The Bertz CT molecular complexity index is 772. The summed E-state index contributed by atoms with van der Waals surface area (Å²) in [5.74, 6) is 0.731. The van der Waals surface area contributed by atoms with Crippen LogP contribution in [-0.4, -0.2) is 37.9 Å². The Labute approximate surface area is 133 Å². The van der Waals surface area contributed by atoms with Gasteiger partial charge in [-0.2, -0.15) is 0 Å². The van der Waals surface area contributed by atoms with Crippen LogP contribution in [0.1, 0.15) is 35.7 Å². The van der Waals surface area contributed by atoms with Crippen molar-refractivity contribution in [2.75, 3.05) is 12.3 Å². The zero-order chi connectivity index (χ0) is 15.7. The molecule has 116 valence electrons. The first-order valence-electron chi connectivity index (χ1n) is 7.52. The van der Waals surface area contributed by atoms with E-state index in [1.807, 2.05) is 17.9 Å². The van der Waals surface area contributed by atoms with Gasteiger partial charge >= 0.3 is 0 Å². The summed E-state index contributed by atoms with van der Waals surface area (Å²) in [6.07, 6.45) is 5.12. The smallest absolute Gasteiger partial charge is 0.270 e. The molecule has 1 atom stereocenters. The highest BCUT2D eigenvalue weighted by atomic mass is 32.2. The van der Waals surface area contributed by atoms with Crippen molar-refractivity contribution in [3.63, 3.8) is 0 Å². The van der Waals surface area contributed by atoms with Gasteiger partial charge in [0.2, 0.25) is 0 Å². The zero-order valence-corrected chi connectivity index (χ0v) is 13.6. The molecular formula is C16H19N3O2S. The van der Waals surface area contributed by atoms with Crippen LogP contribution < -0.4 is 5.56 Å². The molecule has 1 fully saturated rings. The summed E-state index contributed by atoms with van der Waals surface area (Å²) < 4.78 is 1.46. The minimum Gasteiger partial charge on any atom is -0.326 e. The number of hydrogen-bond donors (Lipinski definition) is 0. The van der Waals surface area contributed by atoms with Crippen LogP contribution in [0.4, 0.5) is 0 Å². The van der Waals surface area contributed by atoms with Gasteiger partial charge in [0.1, 0.15) is 11.2 Å². The van der Waals surface area contributed by atoms with E-state index in [2.05, 4.69) is 11.9 Å². The van der Waals surface area contributed by atoms with Gasteiger partial charge in [0, 0.05) is 24.7 Å². The van der Waals surface area contributed by atoms with E-state index in [4.69, 9.17) is 0 Å². The zero-order valence-electron chi connectivity index (χ0n) is 12.8. The fourth-order valence-electron chi connectivity index (χ4n) is 2.72. The SMILES string of the molecule is CCCC1SCCN1C(=O)c1cnc2ccc(C)cn2c1=O. The Kier molecular flexibility index (Phi) is 4.20. The first-order valence-corrected chi connectivity index (χ1v) is 8.57. The topological polar surface area (TPSA) is 54.7 Å². The van der Waals surface area contributed by atoms with E-state index in [1.165, 1.54) is 10.6 Å². The number of fused-ring (bicyclic) bond motifs is 1. The van der Waals surface area contributed by atoms with Crippen molar-refractivity contribution in [2.24, 2.45) is 0 Å². The Morgan fingerprint density at radius 1 is 1.45 bits per heavy atom. The molecule has 0 saturated carbocycles. The van der Waals surface area contributed by atoms with Gasteiger partial charge < -0.3 is 4.90 Å². The molecule has 0 aromatic carbocycles. The van der Waals surface area contributed by atoms with Crippen LogP contribution in [0, 0.1) is 6.92 Å². The van der Waals surface area contributed by atoms with Crippen LogP contribution in [0.2, 0.25) is 0 Å². The van der Waals surface area contributed by atoms with Crippen LogP contribution in [0.15, 0.2) is 29.3 Å². The number of carbonyl (C=O) groups is 1. The molecule has 1 amide bonds. The summed E-state index contributed by atoms with van der Waals surface area (Å²) >= 11 is 1.79. The highest BCUT2D eigenvalue weighted by Gasteiger charge is 2.31. The molecule has 0 radical (unpaired) electrons. The van der Waals surface area contributed by atoms with Gasteiger partial charge in [-0.3, -0.25) is 14.0 Å². The third-order valence-electron chi connectivity index (χ3n) is 3.87. The van der Waals surface area contributed by atoms with Gasteiger partial charge in [-0.15, -0.1) is 11.8 Å². The summed E-state index contributed by atoms with van der Waals surface area (Å²) in [5, 5.41) is 0.176. The summed E-state index contributed by atoms with van der Waals surface area (Å²) in [7, 11) is 0. The maximum atomic E-state index is 12.7. The number of thioether (sulfide) groups is 1. The molecule has 5 nitrogen and oxygen atoms in total. The molecule has 0 N–H and O–H groups in total. The predicted molar refractivity (Wildman–Crippen MR) is 88.4 cm³/mol. The number of carbonyl (C=O) groups excluding carboxylic acids is 1. The molecule has 2 aromatic rings. The number of hydrogen-bond acceptors (Lipinski definition) is 4. The van der Waals surface area contributed by atoms with Crippen LogP contribution in [0.3, 0.4) is 0 Å². The van der Waals surface area contributed by atoms with E-state index in [-0.39, 0.29) is 22.4 Å². The molecule has 2 aromatic heterocycles. The van der Waals surface area contributed by atoms with Gasteiger partial charge in [-0.05, 0) is 25.0 Å². The first kappa shape index (κ1) is 15.1. The second-order valence-corrected chi connectivity index (χ2v) is 6.81. The van der Waals surface area contributed by atoms with Crippen molar-refractivity contribution in [1.29, 1.82) is 0 Å². The highest BCUT2D eigenvalue weighted by molar-refractivity contribution is 8.00. The quantitative estimate of drug-likeness (QED) is 0.872. The Morgan fingerprint density at radius 2 is 2.27 bits per heavy atom. The molecule has 0 aliphatic carbocycles. The standard InChI is InChI=1S/C16H19N3O2S/c1-3-4-14-18(7-8-22-14)15(20)12-9-17-13-6-5-11(2)10-19(13)16(12)21/h5-6,9-10,14H,3-4,7-8H2,1-2H3. The third kappa shape index (κ3) is 2.63. The fraction of sp³-hybridized carbons (Fsp3) is 0.438. The molecule has 1 aliphatic rings. The largest absolute Gasteiger partial charge is 0.326 e. The Hall–Kier alpha value is -1.82. The van der Waals surface area contributed by atoms with E-state index < -0.39 is 0 Å². The fourth-order valence-corrected chi connectivity index (χ4v) is 4.08. The van der Waals surface area contributed by atoms with E-state index in [0.717, 1.165) is 24.2 Å². The van der Waals surface area contributed by atoms with Crippen LogP contribution in [-0.2, 0) is 0 Å².